The van der Waals surface area contributed by atoms with Crippen LogP contribution in [0.25, 0.3) is 0 Å². The van der Waals surface area contributed by atoms with Gasteiger partial charge in [-0.25, -0.2) is 0 Å². The molecule has 2 saturated heterocycles. The number of nitrogens with zero attached hydrogens (tertiary/aromatic N) is 1. The van der Waals surface area contributed by atoms with E-state index in [-0.39, 0.29) is 0 Å². The summed E-state index contributed by atoms with van der Waals surface area (Å²) in [5, 5.41) is 0. The number of hydrogen-bond acceptors (Lipinski definition) is 1. The van der Waals surface area contributed by atoms with E-state index in [4.69, 9.17) is 0 Å². The van der Waals surface area contributed by atoms with Gasteiger partial charge in [-0.2, -0.15) is 0 Å². The van der Waals surface area contributed by atoms with Crippen molar-refractivity contribution < 1.29 is 0 Å². The molecular weight excluding hydrogens is 134 g/mol. The van der Waals surface area contributed by atoms with Crippen molar-refractivity contribution in [3.8, 4) is 0 Å². The lowest BCUT2D eigenvalue weighted by molar-refractivity contribution is 0.170. The highest BCUT2D eigenvalue weighted by Crippen LogP contribution is 2.31. The van der Waals surface area contributed by atoms with Crippen molar-refractivity contribution in [3.05, 3.63) is 12.7 Å². The summed E-state index contributed by atoms with van der Waals surface area (Å²) in [6.07, 6.45) is 9.19. The molecule has 0 amide bonds. The van der Waals surface area contributed by atoms with Crippen LogP contribution in [0.2, 0.25) is 0 Å². The molecule has 2 atom stereocenters. The third kappa shape index (κ3) is 1.22. The first kappa shape index (κ1) is 7.35. The molecular formula is C10H17N. The predicted molar refractivity (Wildman–Crippen MR) is 47.6 cm³/mol. The fourth-order valence-electron chi connectivity index (χ4n) is 2.55. The molecule has 1 heteroatoms. The summed E-state index contributed by atoms with van der Waals surface area (Å²) in [6, 6.07) is 1.62. The first-order valence-electron chi connectivity index (χ1n) is 4.80. The zero-order valence-electron chi connectivity index (χ0n) is 7.13. The largest absolute Gasteiger partial charge is 0.294 e. The van der Waals surface area contributed by atoms with Gasteiger partial charge in [0.15, 0.2) is 0 Å². The monoisotopic (exact) mass is 151 g/mol. The van der Waals surface area contributed by atoms with Crippen LogP contribution in [0, 0.1) is 0 Å². The average Bonchev–Trinajstić information content (AvgIpc) is 2.47. The van der Waals surface area contributed by atoms with E-state index in [0.29, 0.717) is 6.04 Å². The first-order valence-corrected chi connectivity index (χ1v) is 4.80. The van der Waals surface area contributed by atoms with Gasteiger partial charge in [-0.1, -0.05) is 12.5 Å². The molecule has 0 saturated carbocycles. The lowest BCUT2D eigenvalue weighted by Crippen LogP contribution is -2.38. The summed E-state index contributed by atoms with van der Waals surface area (Å²) >= 11 is 0. The Labute approximate surface area is 69.1 Å². The molecule has 2 fully saturated rings. The SMILES string of the molecule is C=CC1CC[C@H]2CCCCN12. The predicted octanol–water partition coefficient (Wildman–Crippen LogP) is 2.19. The molecule has 0 radical (unpaired) electrons. The van der Waals surface area contributed by atoms with Gasteiger partial charge in [0.25, 0.3) is 0 Å². The standard InChI is InChI=1S/C10H17N/c1-2-9-6-7-10-5-3-4-8-11(9)10/h2,9-10H,1,3-8H2/t9?,10-/m1/s1. The van der Waals surface area contributed by atoms with Gasteiger partial charge in [-0.05, 0) is 32.2 Å². The van der Waals surface area contributed by atoms with E-state index in [9.17, 15) is 0 Å². The third-order valence-corrected chi connectivity index (χ3v) is 3.17. The zero-order chi connectivity index (χ0) is 7.68. The Hall–Kier alpha value is -0.300. The summed E-state index contributed by atoms with van der Waals surface area (Å²) < 4.78 is 0. The number of piperidine rings is 1. The molecule has 0 aromatic carbocycles. The maximum absolute atomic E-state index is 3.89. The Kier molecular flexibility index (Phi) is 1.99. The van der Waals surface area contributed by atoms with E-state index in [0.717, 1.165) is 6.04 Å². The van der Waals surface area contributed by atoms with Gasteiger partial charge in [0.05, 0.1) is 0 Å². The van der Waals surface area contributed by atoms with Crippen LogP contribution >= 0.6 is 0 Å². The Bertz CT molecular complexity index is 153. The topological polar surface area (TPSA) is 3.24 Å². The molecule has 11 heavy (non-hydrogen) atoms. The van der Waals surface area contributed by atoms with Crippen molar-refractivity contribution in [2.75, 3.05) is 6.54 Å². The van der Waals surface area contributed by atoms with E-state index in [1.54, 1.807) is 0 Å². The van der Waals surface area contributed by atoms with Gasteiger partial charge in [0.1, 0.15) is 0 Å². The Balaban J connectivity index is 2.03. The molecule has 0 aromatic heterocycles. The van der Waals surface area contributed by atoms with Crippen molar-refractivity contribution in [2.24, 2.45) is 0 Å². The molecule has 2 heterocycles. The molecule has 2 aliphatic rings. The molecule has 2 rings (SSSR count). The Morgan fingerprint density at radius 2 is 2.09 bits per heavy atom. The maximum Gasteiger partial charge on any atom is 0.0279 e. The second-order valence-electron chi connectivity index (χ2n) is 3.77. The molecule has 0 aromatic rings. The van der Waals surface area contributed by atoms with Gasteiger partial charge in [-0.3, -0.25) is 4.90 Å². The van der Waals surface area contributed by atoms with Crippen LogP contribution in [0.4, 0.5) is 0 Å². The number of fused-ring (bicyclic) bond motifs is 1. The van der Waals surface area contributed by atoms with E-state index in [1.807, 2.05) is 0 Å². The highest BCUT2D eigenvalue weighted by molar-refractivity contribution is 4.98. The Morgan fingerprint density at radius 1 is 1.18 bits per heavy atom. The highest BCUT2D eigenvalue weighted by atomic mass is 15.2. The fraction of sp³-hybridized carbons (Fsp3) is 0.800. The van der Waals surface area contributed by atoms with Gasteiger partial charge < -0.3 is 0 Å². The van der Waals surface area contributed by atoms with E-state index in [2.05, 4.69) is 17.6 Å². The summed E-state index contributed by atoms with van der Waals surface area (Å²) in [6.45, 7) is 5.21. The van der Waals surface area contributed by atoms with Gasteiger partial charge in [0, 0.05) is 12.1 Å². The first-order chi connectivity index (χ1) is 5.42. The van der Waals surface area contributed by atoms with Gasteiger partial charge >= 0.3 is 0 Å². The molecule has 0 spiro atoms. The third-order valence-electron chi connectivity index (χ3n) is 3.17. The van der Waals surface area contributed by atoms with E-state index >= 15 is 0 Å². The Morgan fingerprint density at radius 3 is 2.91 bits per heavy atom. The van der Waals surface area contributed by atoms with Gasteiger partial charge in [0.2, 0.25) is 0 Å². The van der Waals surface area contributed by atoms with Crippen LogP contribution in [0.5, 0.6) is 0 Å². The lowest BCUT2D eigenvalue weighted by atomic mass is 10.0. The van der Waals surface area contributed by atoms with Crippen molar-refractivity contribution >= 4 is 0 Å². The van der Waals surface area contributed by atoms with E-state index < -0.39 is 0 Å². The average molecular weight is 151 g/mol. The fourth-order valence-corrected chi connectivity index (χ4v) is 2.55. The van der Waals surface area contributed by atoms with Crippen LogP contribution in [0.3, 0.4) is 0 Å². The van der Waals surface area contributed by atoms with Crippen molar-refractivity contribution in [1.82, 2.24) is 4.90 Å². The van der Waals surface area contributed by atoms with Gasteiger partial charge in [-0.15, -0.1) is 6.58 Å². The summed E-state index contributed by atoms with van der Waals surface area (Å²) in [7, 11) is 0. The molecule has 0 bridgehead atoms. The maximum atomic E-state index is 3.89. The number of hydrogen-bond donors (Lipinski definition) is 0. The van der Waals surface area contributed by atoms with Crippen LogP contribution in [-0.4, -0.2) is 23.5 Å². The van der Waals surface area contributed by atoms with Crippen LogP contribution in [-0.2, 0) is 0 Å². The lowest BCUT2D eigenvalue weighted by Gasteiger charge is -2.32. The van der Waals surface area contributed by atoms with Crippen LogP contribution in [0.15, 0.2) is 12.7 Å². The molecule has 2 aliphatic heterocycles. The summed E-state index contributed by atoms with van der Waals surface area (Å²) in [4.78, 5) is 2.65. The number of rotatable bonds is 1. The molecule has 0 N–H and O–H groups in total. The molecule has 1 unspecified atom stereocenters. The summed E-state index contributed by atoms with van der Waals surface area (Å²) in [5.74, 6) is 0. The normalized spacial score (nSPS) is 38.5. The van der Waals surface area contributed by atoms with Crippen LogP contribution in [0.1, 0.15) is 32.1 Å². The van der Waals surface area contributed by atoms with Crippen molar-refractivity contribution in [2.45, 2.75) is 44.2 Å². The molecule has 0 aliphatic carbocycles. The highest BCUT2D eigenvalue weighted by Gasteiger charge is 2.32. The second-order valence-corrected chi connectivity index (χ2v) is 3.77. The second kappa shape index (κ2) is 2.98. The zero-order valence-corrected chi connectivity index (χ0v) is 7.13. The molecule has 1 nitrogen and oxygen atoms in total. The minimum Gasteiger partial charge on any atom is -0.294 e. The van der Waals surface area contributed by atoms with Crippen molar-refractivity contribution in [3.63, 3.8) is 0 Å². The smallest absolute Gasteiger partial charge is 0.0279 e. The van der Waals surface area contributed by atoms with Crippen LogP contribution < -0.4 is 0 Å². The minimum absolute atomic E-state index is 0.709. The minimum atomic E-state index is 0.709. The van der Waals surface area contributed by atoms with E-state index in [1.165, 1.54) is 38.6 Å². The molecule has 62 valence electrons. The quantitative estimate of drug-likeness (QED) is 0.519. The van der Waals surface area contributed by atoms with Crippen molar-refractivity contribution in [1.29, 1.82) is 0 Å². The summed E-state index contributed by atoms with van der Waals surface area (Å²) in [5.41, 5.74) is 0.